The van der Waals surface area contributed by atoms with E-state index in [1.54, 1.807) is 38.1 Å². The first-order valence-electron chi connectivity index (χ1n) is 9.35. The smallest absolute Gasteiger partial charge is 0.251 e. The minimum Gasteiger partial charge on any atom is -0.350 e. The van der Waals surface area contributed by atoms with Gasteiger partial charge in [-0.05, 0) is 64.3 Å². The average Bonchev–Trinajstić information content (AvgIpc) is 2.61. The van der Waals surface area contributed by atoms with Gasteiger partial charge in [0.1, 0.15) is 0 Å². The van der Waals surface area contributed by atoms with Crippen molar-refractivity contribution in [2.45, 2.75) is 64.7 Å². The molecule has 0 aliphatic carbocycles. The number of hydrogen-bond acceptors (Lipinski definition) is 4. The van der Waals surface area contributed by atoms with E-state index < -0.39 is 15.3 Å². The summed E-state index contributed by atoms with van der Waals surface area (Å²) in [7, 11) is -3.25. The molecule has 1 atom stereocenters. The highest BCUT2D eigenvalue weighted by molar-refractivity contribution is 7.90. The fraction of sp³-hybridized carbons (Fsp3) is 0.579. The number of carbonyl (C=O) groups is 2. The molecular formula is C19H31N3O4S. The van der Waals surface area contributed by atoms with Gasteiger partial charge >= 0.3 is 0 Å². The van der Waals surface area contributed by atoms with Crippen molar-refractivity contribution in [2.75, 3.05) is 11.9 Å². The summed E-state index contributed by atoms with van der Waals surface area (Å²) in [4.78, 5) is 24.0. The normalized spacial score (nSPS) is 12.6. The Bertz CT molecular complexity index is 715. The maximum atomic E-state index is 12.0. The summed E-state index contributed by atoms with van der Waals surface area (Å²) in [6, 6.07) is 6.85. The third-order valence-corrected chi connectivity index (χ3v) is 6.02. The van der Waals surface area contributed by atoms with Gasteiger partial charge < -0.3 is 10.6 Å². The van der Waals surface area contributed by atoms with Crippen LogP contribution >= 0.6 is 0 Å². The van der Waals surface area contributed by atoms with Gasteiger partial charge in [0, 0.05) is 30.3 Å². The predicted molar refractivity (Wildman–Crippen MR) is 108 cm³/mol. The van der Waals surface area contributed by atoms with Crippen molar-refractivity contribution < 1.29 is 18.0 Å². The van der Waals surface area contributed by atoms with Gasteiger partial charge in [-0.3, -0.25) is 9.59 Å². The molecule has 0 aliphatic heterocycles. The first-order valence-corrected chi connectivity index (χ1v) is 10.9. The lowest BCUT2D eigenvalue weighted by atomic mass is 10.1. The van der Waals surface area contributed by atoms with Gasteiger partial charge in [-0.25, -0.2) is 13.1 Å². The Morgan fingerprint density at radius 3 is 2.22 bits per heavy atom. The second-order valence-corrected chi connectivity index (χ2v) is 9.17. The van der Waals surface area contributed by atoms with Crippen molar-refractivity contribution in [3.8, 4) is 0 Å². The van der Waals surface area contributed by atoms with Gasteiger partial charge in [0.2, 0.25) is 15.9 Å². The third kappa shape index (κ3) is 8.53. The minimum atomic E-state index is -3.25. The molecule has 3 N–H and O–H groups in total. The molecule has 8 heteroatoms. The molecular weight excluding hydrogens is 366 g/mol. The molecule has 1 aromatic rings. The first kappa shape index (κ1) is 23.1. The van der Waals surface area contributed by atoms with Crippen molar-refractivity contribution in [1.82, 2.24) is 10.0 Å². The van der Waals surface area contributed by atoms with Crippen LogP contribution in [0.5, 0.6) is 0 Å². The lowest BCUT2D eigenvalue weighted by molar-refractivity contribution is -0.116. The summed E-state index contributed by atoms with van der Waals surface area (Å²) in [6.45, 7) is 7.51. The van der Waals surface area contributed by atoms with E-state index in [0.717, 1.165) is 6.42 Å². The van der Waals surface area contributed by atoms with Gasteiger partial charge in [-0.2, -0.15) is 0 Å². The van der Waals surface area contributed by atoms with Crippen LogP contribution in [0, 0.1) is 0 Å². The fourth-order valence-corrected chi connectivity index (χ4v) is 2.89. The van der Waals surface area contributed by atoms with Gasteiger partial charge in [0.05, 0.1) is 5.25 Å². The molecule has 1 rings (SSSR count). The van der Waals surface area contributed by atoms with Gasteiger partial charge in [0.15, 0.2) is 0 Å². The molecule has 0 heterocycles. The summed E-state index contributed by atoms with van der Waals surface area (Å²) < 4.78 is 25.7. The Hall–Kier alpha value is -1.93. The van der Waals surface area contributed by atoms with Gasteiger partial charge in [-0.1, -0.05) is 6.92 Å². The predicted octanol–water partition coefficient (Wildman–Crippen LogP) is 2.65. The zero-order chi connectivity index (χ0) is 20.4. The Morgan fingerprint density at radius 1 is 1.04 bits per heavy atom. The average molecular weight is 398 g/mol. The van der Waals surface area contributed by atoms with E-state index in [4.69, 9.17) is 0 Å². The highest BCUT2D eigenvalue weighted by Gasteiger charge is 2.14. The molecule has 7 nitrogen and oxygen atoms in total. The monoisotopic (exact) mass is 397 g/mol. The standard InChI is InChI=1S/C19H31N3O4S/c1-5-15(4)21-19(24)16-9-11-17(12-10-16)22-18(23)8-6-7-13-20-27(25,26)14(2)3/h9-12,14-15,20H,5-8,13H2,1-4H3,(H,21,24)(H,22,23). The molecule has 152 valence electrons. The summed E-state index contributed by atoms with van der Waals surface area (Å²) in [5, 5.41) is 5.20. The molecule has 0 spiro atoms. The van der Waals surface area contributed by atoms with Crippen molar-refractivity contribution in [2.24, 2.45) is 0 Å². The van der Waals surface area contributed by atoms with E-state index in [-0.39, 0.29) is 17.9 Å². The quantitative estimate of drug-likeness (QED) is 0.499. The number of amides is 2. The van der Waals surface area contributed by atoms with Gasteiger partial charge in [0.25, 0.3) is 5.91 Å². The second-order valence-electron chi connectivity index (χ2n) is 6.85. The van der Waals surface area contributed by atoms with E-state index in [9.17, 15) is 18.0 Å². The molecule has 0 aliphatic rings. The number of anilines is 1. The van der Waals surface area contributed by atoms with Crippen LogP contribution in [0.3, 0.4) is 0 Å². The van der Waals surface area contributed by atoms with E-state index in [1.165, 1.54) is 0 Å². The SMILES string of the molecule is CCC(C)NC(=O)c1ccc(NC(=O)CCCCNS(=O)(=O)C(C)C)cc1. The van der Waals surface area contributed by atoms with E-state index in [0.29, 0.717) is 37.1 Å². The Morgan fingerprint density at radius 2 is 1.67 bits per heavy atom. The van der Waals surface area contributed by atoms with Crippen LogP contribution < -0.4 is 15.4 Å². The number of unbranched alkanes of at least 4 members (excludes halogenated alkanes) is 1. The number of sulfonamides is 1. The molecule has 2 amide bonds. The molecule has 0 bridgehead atoms. The molecule has 27 heavy (non-hydrogen) atoms. The summed E-state index contributed by atoms with van der Waals surface area (Å²) in [5.41, 5.74) is 1.17. The topological polar surface area (TPSA) is 104 Å². The first-order chi connectivity index (χ1) is 12.7. The second kappa shape index (κ2) is 11.0. The number of hydrogen-bond donors (Lipinski definition) is 3. The van der Waals surface area contributed by atoms with Crippen LogP contribution in [0.25, 0.3) is 0 Å². The maximum Gasteiger partial charge on any atom is 0.251 e. The van der Waals surface area contributed by atoms with Crippen LogP contribution in [0.2, 0.25) is 0 Å². The maximum absolute atomic E-state index is 12.0. The van der Waals surface area contributed by atoms with Crippen LogP contribution in [0.1, 0.15) is 63.7 Å². The zero-order valence-corrected chi connectivity index (χ0v) is 17.4. The van der Waals surface area contributed by atoms with Crippen LogP contribution in [0.15, 0.2) is 24.3 Å². The molecule has 0 saturated carbocycles. The Kier molecular flexibility index (Phi) is 9.45. The highest BCUT2D eigenvalue weighted by Crippen LogP contribution is 2.11. The molecule has 0 aromatic heterocycles. The molecule has 0 fully saturated rings. The molecule has 1 aromatic carbocycles. The van der Waals surface area contributed by atoms with Crippen molar-refractivity contribution in [3.63, 3.8) is 0 Å². The number of benzene rings is 1. The van der Waals surface area contributed by atoms with E-state index in [1.807, 2.05) is 13.8 Å². The lowest BCUT2D eigenvalue weighted by Gasteiger charge is -2.12. The van der Waals surface area contributed by atoms with Crippen LogP contribution in [-0.4, -0.2) is 38.1 Å². The lowest BCUT2D eigenvalue weighted by Crippen LogP contribution is -2.31. The van der Waals surface area contributed by atoms with Crippen molar-refractivity contribution in [3.05, 3.63) is 29.8 Å². The van der Waals surface area contributed by atoms with Crippen LogP contribution in [0.4, 0.5) is 5.69 Å². The van der Waals surface area contributed by atoms with Gasteiger partial charge in [-0.15, -0.1) is 0 Å². The molecule has 1 unspecified atom stereocenters. The highest BCUT2D eigenvalue weighted by atomic mass is 32.2. The number of rotatable bonds is 11. The zero-order valence-electron chi connectivity index (χ0n) is 16.5. The third-order valence-electron chi connectivity index (χ3n) is 4.18. The summed E-state index contributed by atoms with van der Waals surface area (Å²) in [5.74, 6) is -0.274. The summed E-state index contributed by atoms with van der Waals surface area (Å²) in [6.07, 6.45) is 2.34. The van der Waals surface area contributed by atoms with E-state index >= 15 is 0 Å². The molecule has 0 saturated heterocycles. The van der Waals surface area contributed by atoms with Crippen LogP contribution in [-0.2, 0) is 14.8 Å². The van der Waals surface area contributed by atoms with Crippen molar-refractivity contribution in [1.29, 1.82) is 0 Å². The largest absolute Gasteiger partial charge is 0.350 e. The summed E-state index contributed by atoms with van der Waals surface area (Å²) >= 11 is 0. The Balaban J connectivity index is 2.35. The molecule has 0 radical (unpaired) electrons. The number of nitrogens with one attached hydrogen (secondary N) is 3. The fourth-order valence-electron chi connectivity index (χ4n) is 2.13. The van der Waals surface area contributed by atoms with E-state index in [2.05, 4.69) is 15.4 Å². The number of carbonyl (C=O) groups excluding carboxylic acids is 2. The minimum absolute atomic E-state index is 0.113. The Labute approximate surface area is 162 Å². The van der Waals surface area contributed by atoms with Crippen molar-refractivity contribution >= 4 is 27.5 Å².